The second kappa shape index (κ2) is 11.3. The zero-order chi connectivity index (χ0) is 31.8. The van der Waals surface area contributed by atoms with Crippen LogP contribution in [0.3, 0.4) is 0 Å². The maximum atomic E-state index is 13.5. The summed E-state index contributed by atoms with van der Waals surface area (Å²) in [6, 6.07) is 0. The first-order chi connectivity index (χ1) is 21.3. The van der Waals surface area contributed by atoms with E-state index in [-0.39, 0.29) is 28.6 Å². The van der Waals surface area contributed by atoms with Crippen LogP contribution in [0.15, 0.2) is 23.6 Å². The number of aliphatic hydroxyl groups excluding tert-OH is 2. The highest BCUT2D eigenvalue weighted by atomic mass is 32.7. The van der Waals surface area contributed by atoms with Crippen molar-refractivity contribution >= 4 is 71.5 Å². The van der Waals surface area contributed by atoms with Gasteiger partial charge in [-0.25, -0.2) is 24.2 Å². The average Bonchev–Trinajstić information content (AvgIpc) is 3.72. The molecule has 21 nitrogen and oxygen atoms in total. The molecular formula is C20H24N10O11P2S2. The number of ether oxygens (including phenoxy) is 2. The molecule has 3 aliphatic heterocycles. The second-order valence-corrected chi connectivity index (χ2v) is 15.8. The van der Waals surface area contributed by atoms with Crippen molar-refractivity contribution in [3.63, 3.8) is 0 Å². The molecule has 45 heavy (non-hydrogen) atoms. The molecule has 7 rings (SSSR count). The van der Waals surface area contributed by atoms with Crippen LogP contribution < -0.4 is 17.0 Å². The number of aliphatic hydroxyl groups is 2. The van der Waals surface area contributed by atoms with Gasteiger partial charge in [0.25, 0.3) is 5.56 Å². The highest BCUT2D eigenvalue weighted by molar-refractivity contribution is 8.44. The highest BCUT2D eigenvalue weighted by Crippen LogP contribution is 2.58. The number of rotatable bonds is 2. The van der Waals surface area contributed by atoms with Crippen molar-refractivity contribution in [3.8, 4) is 0 Å². The molecule has 3 aliphatic rings. The Bertz CT molecular complexity index is 1940. The van der Waals surface area contributed by atoms with Gasteiger partial charge >= 0.3 is 13.5 Å². The summed E-state index contributed by atoms with van der Waals surface area (Å²) in [7, 11) is 0. The third kappa shape index (κ3) is 5.56. The van der Waals surface area contributed by atoms with E-state index in [0.717, 1.165) is 0 Å². The summed E-state index contributed by atoms with van der Waals surface area (Å²) in [6.07, 6.45) is -7.30. The average molecular weight is 707 g/mol. The Morgan fingerprint density at radius 2 is 1.78 bits per heavy atom. The van der Waals surface area contributed by atoms with Gasteiger partial charge in [-0.2, -0.15) is 10.1 Å². The van der Waals surface area contributed by atoms with Crippen LogP contribution in [0.2, 0.25) is 0 Å². The van der Waals surface area contributed by atoms with Crippen LogP contribution in [0.4, 0.5) is 11.8 Å². The molecule has 0 radical (unpaired) electrons. The van der Waals surface area contributed by atoms with E-state index >= 15 is 0 Å². The summed E-state index contributed by atoms with van der Waals surface area (Å²) >= 11 is 9.29. The summed E-state index contributed by atoms with van der Waals surface area (Å²) in [5.41, 5.74) is 11.1. The first kappa shape index (κ1) is 31.0. The molecule has 3 fully saturated rings. The largest absolute Gasteiger partial charge is 0.387 e. The van der Waals surface area contributed by atoms with Crippen LogP contribution in [0, 0.1) is 0 Å². The van der Waals surface area contributed by atoms with Crippen molar-refractivity contribution in [1.29, 1.82) is 0 Å². The van der Waals surface area contributed by atoms with Crippen LogP contribution in [0.25, 0.3) is 22.2 Å². The van der Waals surface area contributed by atoms with E-state index in [9.17, 15) is 24.5 Å². The molecule has 0 saturated carbocycles. The normalized spacial score (nSPS) is 37.7. The van der Waals surface area contributed by atoms with E-state index in [0.29, 0.717) is 5.39 Å². The van der Waals surface area contributed by atoms with Gasteiger partial charge in [0.2, 0.25) is 5.95 Å². The van der Waals surface area contributed by atoms with E-state index < -0.39 is 81.4 Å². The molecule has 7 heterocycles. The fourth-order valence-corrected chi connectivity index (χ4v) is 8.18. The molecule has 0 amide bonds. The lowest BCUT2D eigenvalue weighted by Crippen LogP contribution is -2.36. The number of hydrogen-bond acceptors (Lipinski definition) is 18. The predicted molar refractivity (Wildman–Crippen MR) is 157 cm³/mol. The third-order valence-electron chi connectivity index (χ3n) is 7.32. The van der Waals surface area contributed by atoms with E-state index in [1.54, 1.807) is 0 Å². The van der Waals surface area contributed by atoms with E-state index in [2.05, 4.69) is 42.3 Å². The van der Waals surface area contributed by atoms with Crippen molar-refractivity contribution in [2.75, 3.05) is 24.7 Å². The summed E-state index contributed by atoms with van der Waals surface area (Å²) in [5.74, 6) is -0.0837. The Balaban J connectivity index is 1.21. The number of nitrogens with two attached hydrogens (primary N) is 2. The second-order valence-electron chi connectivity index (χ2n) is 10.1. The number of nitrogens with one attached hydrogen (secondary N) is 1. The van der Waals surface area contributed by atoms with Crippen LogP contribution in [0.5, 0.6) is 0 Å². The molecule has 4 unspecified atom stereocenters. The van der Waals surface area contributed by atoms with Gasteiger partial charge in [0.05, 0.1) is 31.1 Å². The Kier molecular flexibility index (Phi) is 7.76. The van der Waals surface area contributed by atoms with Crippen LogP contribution in [0.1, 0.15) is 12.5 Å². The molecule has 0 aliphatic carbocycles. The maximum absolute atomic E-state index is 13.5. The number of aromatic amines is 1. The number of fused-ring (bicyclic) bond motifs is 5. The van der Waals surface area contributed by atoms with E-state index in [4.69, 9.17) is 50.8 Å². The van der Waals surface area contributed by atoms with Crippen molar-refractivity contribution in [1.82, 2.24) is 39.3 Å². The van der Waals surface area contributed by atoms with Gasteiger partial charge in [-0.3, -0.25) is 27.9 Å². The van der Waals surface area contributed by atoms with Crippen LogP contribution >= 0.6 is 25.8 Å². The van der Waals surface area contributed by atoms with Crippen LogP contribution in [-0.4, -0.2) is 104 Å². The van der Waals surface area contributed by atoms with Crippen molar-refractivity contribution in [2.45, 2.75) is 49.1 Å². The lowest BCUT2D eigenvalue weighted by Gasteiger charge is -2.27. The number of anilines is 2. The highest BCUT2D eigenvalue weighted by Gasteiger charge is 2.53. The monoisotopic (exact) mass is 706 g/mol. The number of thiol groups is 1. The van der Waals surface area contributed by atoms with Gasteiger partial charge in [0.1, 0.15) is 48.8 Å². The third-order valence-corrected chi connectivity index (χ3v) is 10.5. The summed E-state index contributed by atoms with van der Waals surface area (Å²) < 4.78 is 50.3. The number of hydrogen-bond donors (Lipinski definition) is 7. The smallest absolute Gasteiger partial charge is 0.386 e. The first-order valence-electron chi connectivity index (χ1n) is 13.0. The zero-order valence-corrected chi connectivity index (χ0v) is 25.9. The summed E-state index contributed by atoms with van der Waals surface area (Å²) in [5, 5.41) is 27.0. The zero-order valence-electron chi connectivity index (χ0n) is 22.4. The van der Waals surface area contributed by atoms with Crippen LogP contribution in [-0.2, 0) is 43.9 Å². The molecule has 0 spiro atoms. The molecule has 25 heteroatoms. The Hall–Kier alpha value is -2.63. The molecule has 3 saturated heterocycles. The lowest BCUT2D eigenvalue weighted by atomic mass is 10.1. The topological polar surface area (TPSA) is 292 Å². The number of nitrogen functional groups attached to an aromatic ring is 2. The van der Waals surface area contributed by atoms with Crippen molar-refractivity contribution < 1.29 is 47.2 Å². The molecule has 0 aromatic carbocycles. The Morgan fingerprint density at radius 3 is 2.58 bits per heavy atom. The molecule has 4 aromatic heterocycles. The van der Waals surface area contributed by atoms with Gasteiger partial charge in [-0.05, 0) is 11.8 Å². The summed E-state index contributed by atoms with van der Waals surface area (Å²) in [6.45, 7) is -9.69. The molecule has 2 bridgehead atoms. The molecule has 8 N–H and O–H groups in total. The Morgan fingerprint density at radius 1 is 1.02 bits per heavy atom. The van der Waals surface area contributed by atoms with E-state index in [1.165, 1.54) is 28.1 Å². The minimum atomic E-state index is -4.37. The predicted octanol–water partition coefficient (Wildman–Crippen LogP) is -1.29. The molecule has 242 valence electrons. The fourth-order valence-electron chi connectivity index (χ4n) is 5.28. The standard InChI is InChI=1S/C20H24N10O11P2S2/c21-14-6-1-26-30(15(6)24-4-23-14)18-11(32)12-8(39-18)3-37-43(35,45)41-13-10(31)7(2-36-42(34,44)40-12)38-19(13)29-5-25-9-16(29)27-20(22)28-17(9)33/h1,4-5,7-8,10-13,18-19,31-32H,2-3H2,(H,34,44)(H,35,45)(H2,21,23,24)(H3,22,27,28,33)/t7-,8-,10?,11?,12+,13+,18-,19-,42?,43?/m1/s1. The molecule has 4 aromatic rings. The van der Waals surface area contributed by atoms with Gasteiger partial charge < -0.3 is 40.6 Å². The van der Waals surface area contributed by atoms with E-state index in [1.807, 2.05) is 0 Å². The van der Waals surface area contributed by atoms with Gasteiger partial charge in [0, 0.05) is 0 Å². The number of aromatic nitrogens is 8. The first-order valence-corrected chi connectivity index (χ1v) is 18.2. The SMILES string of the molecule is Nc1nc2c(ncn2[C@@H]2O[C@@H]3COP(O)(=S)O[C@@H]4C(O)[C@H](n5ncc6c(N)ncnc65)O[C@@H]4COP(=O)(S)O[C@H]2C3O)c(=O)[nH]1. The fraction of sp³-hybridized carbons (Fsp3) is 0.500. The van der Waals surface area contributed by atoms with Gasteiger partial charge in [-0.15, -0.1) is 0 Å². The summed E-state index contributed by atoms with van der Waals surface area (Å²) in [4.78, 5) is 41.8. The van der Waals surface area contributed by atoms with Crippen molar-refractivity contribution in [3.05, 3.63) is 29.2 Å². The van der Waals surface area contributed by atoms with Gasteiger partial charge in [0.15, 0.2) is 29.3 Å². The number of nitrogens with zero attached hydrogens (tertiary/aromatic N) is 7. The number of H-pyrrole nitrogens is 1. The Labute approximate surface area is 260 Å². The quantitative estimate of drug-likeness (QED) is 0.0942. The molecular weight excluding hydrogens is 682 g/mol. The van der Waals surface area contributed by atoms with Gasteiger partial charge in [-0.1, -0.05) is 12.2 Å². The minimum absolute atomic E-state index is 0.0318. The lowest BCUT2D eigenvalue weighted by molar-refractivity contribution is -0.0610. The number of imidazole rings is 1. The van der Waals surface area contributed by atoms with Crippen molar-refractivity contribution in [2.24, 2.45) is 0 Å². The minimum Gasteiger partial charge on any atom is -0.387 e. The maximum Gasteiger partial charge on any atom is 0.386 e. The molecule has 10 atom stereocenters.